The smallest absolute Gasteiger partial charge is 0.338 e. The van der Waals surface area contributed by atoms with Crippen molar-refractivity contribution in [2.45, 2.75) is 12.1 Å². The maximum absolute atomic E-state index is 13.4. The first kappa shape index (κ1) is 19.3. The third-order valence-corrected chi connectivity index (χ3v) is 2.92. The van der Waals surface area contributed by atoms with E-state index in [2.05, 4.69) is 0 Å². The van der Waals surface area contributed by atoms with E-state index in [1.165, 1.54) is 0 Å². The van der Waals surface area contributed by atoms with Crippen molar-refractivity contribution in [2.24, 2.45) is 0 Å². The number of benzene rings is 1. The largest absolute Gasteiger partial charge is 0.479 e. The number of carboxylic acids is 4. The number of anilines is 1. The molecule has 134 valence electrons. The number of carbonyl (C=O) groups is 4. The van der Waals surface area contributed by atoms with Crippen molar-refractivity contribution in [1.29, 1.82) is 0 Å². The quantitative estimate of drug-likeness (QED) is 0.268. The minimum absolute atomic E-state index is 0.0955. The number of halogens is 1. The average molecular weight is 360 g/mol. The first-order chi connectivity index (χ1) is 11.5. The van der Waals surface area contributed by atoms with E-state index in [9.17, 15) is 33.7 Å². The third-order valence-electron chi connectivity index (χ3n) is 2.92. The summed E-state index contributed by atoms with van der Waals surface area (Å²) in [6.07, 6.45) is 0. The lowest BCUT2D eigenvalue weighted by molar-refractivity contribution is -0.387. The molecule has 0 amide bonds. The Kier molecular flexibility index (Phi) is 5.55. The summed E-state index contributed by atoms with van der Waals surface area (Å²) < 4.78 is 13.4. The molecule has 0 heterocycles. The number of hydrogen-bond donors (Lipinski definition) is 4. The minimum atomic E-state index is -2.72. The molecular weight excluding hydrogens is 351 g/mol. The highest BCUT2D eigenvalue weighted by Gasteiger charge is 2.44. The SMILES string of the molecule is O=C(O)C(C(=O)O)N(c1ccc(F)c([N+](=O)[O-])c1)C(C(=O)O)C(=O)O. The zero-order valence-corrected chi connectivity index (χ0v) is 11.9. The number of hydrogen-bond acceptors (Lipinski definition) is 7. The summed E-state index contributed by atoms with van der Waals surface area (Å²) in [7, 11) is 0. The highest BCUT2D eigenvalue weighted by atomic mass is 19.1. The van der Waals surface area contributed by atoms with Gasteiger partial charge in [0.05, 0.1) is 4.92 Å². The Morgan fingerprint density at radius 3 is 1.68 bits per heavy atom. The molecule has 0 radical (unpaired) electrons. The topological polar surface area (TPSA) is 196 Å². The molecule has 0 saturated carbocycles. The standard InChI is InChI=1S/C12H9FN2O10/c13-5-2-1-4(3-6(5)15(24)25)14(7(9(16)17)10(18)19)8(11(20)21)12(22)23/h1-3,7-8H,(H,16,17)(H,18,19)(H,20,21)(H,22,23). The van der Waals surface area contributed by atoms with Crippen LogP contribution in [-0.4, -0.2) is 61.3 Å². The molecule has 4 N–H and O–H groups in total. The second kappa shape index (κ2) is 7.20. The van der Waals surface area contributed by atoms with Crippen LogP contribution in [-0.2, 0) is 19.2 Å². The lowest BCUT2D eigenvalue weighted by atomic mass is 10.1. The Bertz CT molecular complexity index is 704. The van der Waals surface area contributed by atoms with Crippen molar-refractivity contribution >= 4 is 35.3 Å². The Labute approximate surface area is 136 Å². The minimum Gasteiger partial charge on any atom is -0.479 e. The fourth-order valence-electron chi connectivity index (χ4n) is 1.94. The van der Waals surface area contributed by atoms with Gasteiger partial charge >= 0.3 is 29.6 Å². The number of carboxylic acid groups (broad SMARTS) is 4. The van der Waals surface area contributed by atoms with Gasteiger partial charge in [0.15, 0.2) is 0 Å². The average Bonchev–Trinajstić information content (AvgIpc) is 2.45. The molecule has 1 aromatic carbocycles. The number of nitrogens with zero attached hydrogens (tertiary/aromatic N) is 2. The zero-order chi connectivity index (χ0) is 19.5. The van der Waals surface area contributed by atoms with Gasteiger partial charge in [-0.15, -0.1) is 0 Å². The molecule has 0 fully saturated rings. The molecule has 0 atom stereocenters. The molecule has 0 aliphatic rings. The lowest BCUT2D eigenvalue weighted by Gasteiger charge is -2.31. The van der Waals surface area contributed by atoms with E-state index in [1.807, 2.05) is 0 Å². The van der Waals surface area contributed by atoms with Gasteiger partial charge in [-0.2, -0.15) is 4.39 Å². The molecule has 25 heavy (non-hydrogen) atoms. The lowest BCUT2D eigenvalue weighted by Crippen LogP contribution is -2.57. The fourth-order valence-corrected chi connectivity index (χ4v) is 1.94. The van der Waals surface area contributed by atoms with Crippen LogP contribution in [0.4, 0.5) is 15.8 Å². The van der Waals surface area contributed by atoms with E-state index in [-0.39, 0.29) is 4.90 Å². The molecule has 0 aliphatic heterocycles. The molecule has 12 nitrogen and oxygen atoms in total. The van der Waals surface area contributed by atoms with Gasteiger partial charge in [0, 0.05) is 11.8 Å². The van der Waals surface area contributed by atoms with Gasteiger partial charge in [0.25, 0.3) is 0 Å². The predicted molar refractivity (Wildman–Crippen MR) is 73.7 cm³/mol. The summed E-state index contributed by atoms with van der Waals surface area (Å²) in [5, 5.41) is 46.8. The molecule has 1 aromatic rings. The van der Waals surface area contributed by atoms with Gasteiger partial charge in [-0.1, -0.05) is 0 Å². The molecule has 1 rings (SSSR count). The molecule has 0 saturated heterocycles. The second-order valence-corrected chi connectivity index (χ2v) is 4.46. The number of nitro benzene ring substituents is 1. The van der Waals surface area contributed by atoms with Gasteiger partial charge in [-0.05, 0) is 12.1 Å². The molecule has 0 aromatic heterocycles. The normalized spacial score (nSPS) is 10.5. The maximum Gasteiger partial charge on any atom is 0.338 e. The zero-order valence-electron chi connectivity index (χ0n) is 11.9. The summed E-state index contributed by atoms with van der Waals surface area (Å²) in [5.74, 6) is -9.91. The summed E-state index contributed by atoms with van der Waals surface area (Å²) in [4.78, 5) is 54.1. The third kappa shape index (κ3) is 3.95. The van der Waals surface area contributed by atoms with Crippen molar-refractivity contribution in [1.82, 2.24) is 0 Å². The summed E-state index contributed by atoms with van der Waals surface area (Å²) in [6.45, 7) is 0. The summed E-state index contributed by atoms with van der Waals surface area (Å²) >= 11 is 0. The highest BCUT2D eigenvalue weighted by molar-refractivity contribution is 6.07. The van der Waals surface area contributed by atoms with Crippen molar-refractivity contribution in [3.8, 4) is 0 Å². The van der Waals surface area contributed by atoms with E-state index in [0.717, 1.165) is 0 Å². The molecule has 0 aliphatic carbocycles. The van der Waals surface area contributed by atoms with Crippen LogP contribution in [0.2, 0.25) is 0 Å². The fraction of sp³-hybridized carbons (Fsp3) is 0.167. The molecular formula is C12H9FN2O10. The maximum atomic E-state index is 13.4. The van der Waals surface area contributed by atoms with Gasteiger partial charge in [-0.3, -0.25) is 10.1 Å². The van der Waals surface area contributed by atoms with E-state index in [1.54, 1.807) is 0 Å². The van der Waals surface area contributed by atoms with Crippen LogP contribution in [0.5, 0.6) is 0 Å². The van der Waals surface area contributed by atoms with Gasteiger partial charge in [0.2, 0.25) is 17.9 Å². The van der Waals surface area contributed by atoms with Crippen LogP contribution in [0.15, 0.2) is 18.2 Å². The van der Waals surface area contributed by atoms with Crippen LogP contribution < -0.4 is 4.90 Å². The second-order valence-electron chi connectivity index (χ2n) is 4.46. The van der Waals surface area contributed by atoms with Gasteiger partial charge in [-0.25, -0.2) is 19.2 Å². The first-order valence-corrected chi connectivity index (χ1v) is 6.12. The van der Waals surface area contributed by atoms with Crippen LogP contribution in [0.25, 0.3) is 0 Å². The van der Waals surface area contributed by atoms with Crippen LogP contribution in [0.1, 0.15) is 0 Å². The first-order valence-electron chi connectivity index (χ1n) is 6.12. The van der Waals surface area contributed by atoms with Crippen molar-refractivity contribution in [3.63, 3.8) is 0 Å². The Hall–Kier alpha value is -3.77. The Morgan fingerprint density at radius 2 is 1.36 bits per heavy atom. The number of rotatable bonds is 8. The summed E-state index contributed by atoms with van der Waals surface area (Å²) in [6, 6.07) is -4.03. The van der Waals surface area contributed by atoms with Crippen LogP contribution in [0.3, 0.4) is 0 Å². The Morgan fingerprint density at radius 1 is 0.960 bits per heavy atom. The molecule has 0 unspecified atom stereocenters. The molecule has 13 heteroatoms. The van der Waals surface area contributed by atoms with E-state index >= 15 is 0 Å². The van der Waals surface area contributed by atoms with E-state index < -0.39 is 58.1 Å². The van der Waals surface area contributed by atoms with Gasteiger partial charge in [0.1, 0.15) is 0 Å². The van der Waals surface area contributed by atoms with E-state index in [4.69, 9.17) is 20.4 Å². The van der Waals surface area contributed by atoms with Crippen molar-refractivity contribution in [2.75, 3.05) is 4.90 Å². The number of nitro groups is 1. The molecule has 0 spiro atoms. The Balaban J connectivity index is 3.72. The van der Waals surface area contributed by atoms with Crippen molar-refractivity contribution < 1.29 is 48.9 Å². The summed E-state index contributed by atoms with van der Waals surface area (Å²) in [5.41, 5.74) is -2.02. The van der Waals surface area contributed by atoms with Gasteiger partial charge < -0.3 is 25.3 Å². The highest BCUT2D eigenvalue weighted by Crippen LogP contribution is 2.28. The predicted octanol–water partition coefficient (Wildman–Crippen LogP) is -0.384. The number of aliphatic carboxylic acids is 4. The van der Waals surface area contributed by atoms with Crippen molar-refractivity contribution in [3.05, 3.63) is 34.1 Å². The van der Waals surface area contributed by atoms with Crippen LogP contribution in [0, 0.1) is 15.9 Å². The molecule has 0 bridgehead atoms. The monoisotopic (exact) mass is 360 g/mol. The van der Waals surface area contributed by atoms with Crippen LogP contribution >= 0.6 is 0 Å². The van der Waals surface area contributed by atoms with E-state index in [0.29, 0.717) is 18.2 Å².